The Labute approximate surface area is 136 Å². The van der Waals surface area contributed by atoms with Crippen molar-refractivity contribution in [3.8, 4) is 0 Å². The minimum absolute atomic E-state index is 0.448. The number of hydrogen-bond donors (Lipinski definition) is 3. The molecule has 0 saturated heterocycles. The Morgan fingerprint density at radius 3 is 2.26 bits per heavy atom. The Kier molecular flexibility index (Phi) is 5.11. The zero-order chi connectivity index (χ0) is 16.9. The van der Waals surface area contributed by atoms with Crippen molar-refractivity contribution < 1.29 is 9.53 Å². The van der Waals surface area contributed by atoms with E-state index < -0.39 is 17.9 Å². The molecule has 5 heteroatoms. The van der Waals surface area contributed by atoms with Gasteiger partial charge in [0.25, 0.3) is 0 Å². The van der Waals surface area contributed by atoms with Crippen LogP contribution < -0.4 is 16.4 Å². The quantitative estimate of drug-likeness (QED) is 0.591. The van der Waals surface area contributed by atoms with E-state index >= 15 is 0 Å². The van der Waals surface area contributed by atoms with Crippen LogP contribution in [0.15, 0.2) is 54.6 Å². The van der Waals surface area contributed by atoms with Gasteiger partial charge in [0.05, 0.1) is 11.4 Å². The molecule has 0 bridgehead atoms. The van der Waals surface area contributed by atoms with Gasteiger partial charge in [0, 0.05) is 0 Å². The lowest BCUT2D eigenvalue weighted by molar-refractivity contribution is 0.0510. The van der Waals surface area contributed by atoms with Crippen molar-refractivity contribution in [1.29, 1.82) is 0 Å². The molecule has 2 aromatic rings. The highest BCUT2D eigenvalue weighted by Crippen LogP contribution is 2.23. The highest BCUT2D eigenvalue weighted by atomic mass is 16.6. The number of carbonyl (C=O) groups is 1. The van der Waals surface area contributed by atoms with E-state index in [4.69, 9.17) is 10.5 Å². The first-order valence-corrected chi connectivity index (χ1v) is 7.51. The van der Waals surface area contributed by atoms with E-state index in [9.17, 15) is 4.79 Å². The van der Waals surface area contributed by atoms with Crippen LogP contribution >= 0.6 is 0 Å². The van der Waals surface area contributed by atoms with Crippen LogP contribution in [0.5, 0.6) is 0 Å². The van der Waals surface area contributed by atoms with Gasteiger partial charge in [-0.2, -0.15) is 0 Å². The van der Waals surface area contributed by atoms with Gasteiger partial charge in [0.1, 0.15) is 11.8 Å². The Bertz CT molecular complexity index is 651. The van der Waals surface area contributed by atoms with E-state index in [-0.39, 0.29) is 0 Å². The molecule has 0 radical (unpaired) electrons. The SMILES string of the molecule is CC(C)(C)OC(=O)NC(Nc1ccccc1N)c1ccccc1. The first-order chi connectivity index (χ1) is 10.8. The van der Waals surface area contributed by atoms with Gasteiger partial charge in [-0.05, 0) is 38.5 Å². The summed E-state index contributed by atoms with van der Waals surface area (Å²) in [4.78, 5) is 12.1. The van der Waals surface area contributed by atoms with Gasteiger partial charge in [0.2, 0.25) is 0 Å². The second kappa shape index (κ2) is 7.05. The largest absolute Gasteiger partial charge is 0.444 e. The molecule has 4 N–H and O–H groups in total. The van der Waals surface area contributed by atoms with E-state index in [0.29, 0.717) is 5.69 Å². The lowest BCUT2D eigenvalue weighted by Crippen LogP contribution is -2.38. The Morgan fingerprint density at radius 2 is 1.65 bits per heavy atom. The second-order valence-electron chi connectivity index (χ2n) is 6.22. The van der Waals surface area contributed by atoms with Gasteiger partial charge < -0.3 is 15.8 Å². The lowest BCUT2D eigenvalue weighted by Gasteiger charge is -2.25. The van der Waals surface area contributed by atoms with Crippen molar-refractivity contribution in [3.05, 3.63) is 60.2 Å². The second-order valence-corrected chi connectivity index (χ2v) is 6.22. The maximum absolute atomic E-state index is 12.1. The number of alkyl carbamates (subject to hydrolysis) is 1. The Balaban J connectivity index is 2.19. The summed E-state index contributed by atoms with van der Waals surface area (Å²) in [5.74, 6) is 0. The highest BCUT2D eigenvalue weighted by molar-refractivity contribution is 5.71. The molecular weight excluding hydrogens is 290 g/mol. The molecule has 2 rings (SSSR count). The molecule has 0 aliphatic carbocycles. The number of nitrogens with two attached hydrogens (primary N) is 1. The third-order valence-electron chi connectivity index (χ3n) is 3.05. The van der Waals surface area contributed by atoms with Gasteiger partial charge in [-0.25, -0.2) is 4.79 Å². The van der Waals surface area contributed by atoms with E-state index in [1.165, 1.54) is 0 Å². The van der Waals surface area contributed by atoms with Crippen LogP contribution in [0.3, 0.4) is 0 Å². The molecule has 0 spiro atoms. The fourth-order valence-corrected chi connectivity index (χ4v) is 2.06. The van der Waals surface area contributed by atoms with Crippen LogP contribution in [-0.2, 0) is 4.74 Å². The molecule has 1 atom stereocenters. The number of rotatable bonds is 4. The number of nitrogen functional groups attached to an aromatic ring is 1. The number of ether oxygens (including phenoxy) is 1. The topological polar surface area (TPSA) is 76.4 Å². The van der Waals surface area contributed by atoms with E-state index in [2.05, 4.69) is 10.6 Å². The average molecular weight is 313 g/mol. The maximum atomic E-state index is 12.1. The Hall–Kier alpha value is -2.69. The van der Waals surface area contributed by atoms with Crippen LogP contribution in [0.4, 0.5) is 16.2 Å². The number of hydrogen-bond acceptors (Lipinski definition) is 4. The lowest BCUT2D eigenvalue weighted by atomic mass is 10.1. The molecule has 0 aromatic heterocycles. The number of para-hydroxylation sites is 2. The molecule has 0 saturated carbocycles. The highest BCUT2D eigenvalue weighted by Gasteiger charge is 2.20. The maximum Gasteiger partial charge on any atom is 0.409 e. The minimum Gasteiger partial charge on any atom is -0.444 e. The molecule has 2 aromatic carbocycles. The summed E-state index contributed by atoms with van der Waals surface area (Å²) < 4.78 is 5.34. The molecule has 23 heavy (non-hydrogen) atoms. The molecule has 0 aliphatic rings. The molecule has 1 unspecified atom stereocenters. The van der Waals surface area contributed by atoms with Crippen LogP contribution in [-0.4, -0.2) is 11.7 Å². The fraction of sp³-hybridized carbons (Fsp3) is 0.278. The summed E-state index contributed by atoms with van der Waals surface area (Å²) in [6, 6.07) is 17.0. The monoisotopic (exact) mass is 313 g/mol. The van der Waals surface area contributed by atoms with E-state index in [1.54, 1.807) is 6.07 Å². The van der Waals surface area contributed by atoms with Crippen molar-refractivity contribution >= 4 is 17.5 Å². The molecular formula is C18H23N3O2. The number of benzene rings is 2. The number of amides is 1. The van der Waals surface area contributed by atoms with Crippen molar-refractivity contribution in [2.45, 2.75) is 32.5 Å². The first-order valence-electron chi connectivity index (χ1n) is 7.51. The van der Waals surface area contributed by atoms with Crippen molar-refractivity contribution in [1.82, 2.24) is 5.32 Å². The number of anilines is 2. The van der Waals surface area contributed by atoms with Crippen molar-refractivity contribution in [2.24, 2.45) is 0 Å². The van der Waals surface area contributed by atoms with Crippen LogP contribution in [0, 0.1) is 0 Å². The predicted molar refractivity (Wildman–Crippen MR) is 93.0 cm³/mol. The molecule has 0 aliphatic heterocycles. The summed E-state index contributed by atoms with van der Waals surface area (Å²) in [6.07, 6.45) is -0.941. The summed E-state index contributed by atoms with van der Waals surface area (Å²) >= 11 is 0. The minimum atomic E-state index is -0.558. The molecule has 1 amide bonds. The number of nitrogens with one attached hydrogen (secondary N) is 2. The fourth-order valence-electron chi connectivity index (χ4n) is 2.06. The molecule has 5 nitrogen and oxygen atoms in total. The van der Waals surface area contributed by atoms with Gasteiger partial charge in [-0.15, -0.1) is 0 Å². The van der Waals surface area contributed by atoms with Gasteiger partial charge in [-0.1, -0.05) is 42.5 Å². The third-order valence-corrected chi connectivity index (χ3v) is 3.05. The van der Waals surface area contributed by atoms with E-state index in [0.717, 1.165) is 11.3 Å². The molecule has 122 valence electrons. The zero-order valence-electron chi connectivity index (χ0n) is 13.7. The third kappa shape index (κ3) is 5.21. The predicted octanol–water partition coefficient (Wildman–Crippen LogP) is 3.90. The number of carbonyl (C=O) groups excluding carboxylic acids is 1. The van der Waals surface area contributed by atoms with Crippen molar-refractivity contribution in [3.63, 3.8) is 0 Å². The first kappa shape index (κ1) is 16.7. The van der Waals surface area contributed by atoms with Crippen LogP contribution in [0.2, 0.25) is 0 Å². The zero-order valence-corrected chi connectivity index (χ0v) is 13.7. The van der Waals surface area contributed by atoms with Gasteiger partial charge >= 0.3 is 6.09 Å². The summed E-state index contributed by atoms with van der Waals surface area (Å²) in [5, 5.41) is 6.08. The van der Waals surface area contributed by atoms with Crippen LogP contribution in [0.1, 0.15) is 32.5 Å². The summed E-state index contributed by atoms with van der Waals surface area (Å²) in [6.45, 7) is 5.48. The summed E-state index contributed by atoms with van der Waals surface area (Å²) in [7, 11) is 0. The standard InChI is InChI=1S/C18H23N3O2/c1-18(2,3)23-17(22)21-16(13-9-5-4-6-10-13)20-15-12-8-7-11-14(15)19/h4-12,16,20H,19H2,1-3H3,(H,21,22). The average Bonchev–Trinajstić information content (AvgIpc) is 2.48. The van der Waals surface area contributed by atoms with E-state index in [1.807, 2.05) is 69.3 Å². The molecule has 0 fully saturated rings. The Morgan fingerprint density at radius 1 is 1.04 bits per heavy atom. The van der Waals surface area contributed by atoms with Gasteiger partial charge in [0.15, 0.2) is 0 Å². The smallest absolute Gasteiger partial charge is 0.409 e. The normalized spacial score (nSPS) is 12.3. The van der Waals surface area contributed by atoms with Crippen molar-refractivity contribution in [2.75, 3.05) is 11.1 Å². The van der Waals surface area contributed by atoms with Crippen LogP contribution in [0.25, 0.3) is 0 Å². The van der Waals surface area contributed by atoms with Gasteiger partial charge in [-0.3, -0.25) is 5.32 Å². The summed E-state index contributed by atoms with van der Waals surface area (Å²) in [5.41, 5.74) is 7.68. The molecule has 0 heterocycles.